The van der Waals surface area contributed by atoms with Gasteiger partial charge in [0.2, 0.25) is 0 Å². The van der Waals surface area contributed by atoms with Crippen molar-refractivity contribution < 1.29 is 19.8 Å². The Labute approximate surface area is 178 Å². The molecule has 1 aromatic carbocycles. The molecule has 1 saturated heterocycles. The van der Waals surface area contributed by atoms with Crippen molar-refractivity contribution in [2.75, 3.05) is 33.2 Å². The molecule has 2 aromatic rings. The molecule has 1 atom stereocenters. The molecule has 29 heavy (non-hydrogen) atoms. The summed E-state index contributed by atoms with van der Waals surface area (Å²) in [6, 6.07) is 11.8. The molecule has 2 aliphatic heterocycles. The van der Waals surface area contributed by atoms with Crippen LogP contribution in [0.1, 0.15) is 17.2 Å². The average molecular weight is 433 g/mol. The lowest BCUT2D eigenvalue weighted by atomic mass is 9.99. The lowest BCUT2D eigenvalue weighted by Gasteiger charge is -2.38. The highest BCUT2D eigenvalue weighted by molar-refractivity contribution is 8.01. The minimum atomic E-state index is -1.26. The molecule has 0 aliphatic carbocycles. The Morgan fingerprint density at radius 1 is 1.03 bits per heavy atom. The molecule has 154 valence electrons. The molecule has 2 aliphatic rings. The van der Waals surface area contributed by atoms with E-state index in [-0.39, 0.29) is 0 Å². The quantitative estimate of drug-likeness (QED) is 0.719. The van der Waals surface area contributed by atoms with Gasteiger partial charge in [-0.05, 0) is 42.1 Å². The molecule has 1 aromatic heterocycles. The summed E-state index contributed by atoms with van der Waals surface area (Å²) in [7, 11) is 2.23. The molecule has 0 bridgehead atoms. The van der Waals surface area contributed by atoms with Gasteiger partial charge in [-0.2, -0.15) is 0 Å². The Morgan fingerprint density at radius 3 is 2.34 bits per heavy atom. The Hall–Kier alpha value is -2.13. The number of hydrogen-bond donors (Lipinski definition) is 2. The van der Waals surface area contributed by atoms with Crippen LogP contribution >= 0.6 is 23.1 Å². The first-order chi connectivity index (χ1) is 13.9. The van der Waals surface area contributed by atoms with E-state index < -0.39 is 11.9 Å². The van der Waals surface area contributed by atoms with E-state index in [1.807, 2.05) is 23.1 Å². The highest BCUT2D eigenvalue weighted by atomic mass is 32.2. The topological polar surface area (TPSA) is 81.1 Å². The van der Waals surface area contributed by atoms with Crippen molar-refractivity contribution in [1.82, 2.24) is 9.80 Å². The number of carboxylic acids is 2. The van der Waals surface area contributed by atoms with Crippen LogP contribution in [0.5, 0.6) is 0 Å². The van der Waals surface area contributed by atoms with Gasteiger partial charge in [0.05, 0.1) is 4.21 Å². The molecular weight excluding hydrogens is 408 g/mol. The predicted molar refractivity (Wildman–Crippen MR) is 115 cm³/mol. The van der Waals surface area contributed by atoms with Crippen molar-refractivity contribution in [3.8, 4) is 0 Å². The van der Waals surface area contributed by atoms with Gasteiger partial charge in [-0.25, -0.2) is 9.59 Å². The standard InChI is InChI=1S/C17H20N2S2.C4H4O4/c1-18-7-9-19(10-8-18)15-12-13-4-2-3-5-16(13)21-17-14(15)6-11-20-17;5-3(6)1-2-4(7)8/h2-6,11,15H,7-10,12H2,1H3;1-2H,(H,5,6)(H,7,8)/b;2-1-. The number of carbonyl (C=O) groups is 2. The van der Waals surface area contributed by atoms with E-state index in [0.717, 1.165) is 6.42 Å². The van der Waals surface area contributed by atoms with Crippen LogP contribution in [0.2, 0.25) is 0 Å². The SMILES string of the molecule is CN1CCN(C2Cc3ccccc3Sc3sccc32)CC1.O=C(O)/C=C\C(=O)O. The second-order valence-corrected chi connectivity index (χ2v) is 9.17. The van der Waals surface area contributed by atoms with Gasteiger partial charge < -0.3 is 15.1 Å². The van der Waals surface area contributed by atoms with Gasteiger partial charge in [-0.3, -0.25) is 4.90 Å². The molecule has 3 heterocycles. The largest absolute Gasteiger partial charge is 0.478 e. The van der Waals surface area contributed by atoms with E-state index in [9.17, 15) is 9.59 Å². The van der Waals surface area contributed by atoms with Crippen LogP contribution in [0.15, 0.2) is 57.0 Å². The molecule has 8 heteroatoms. The fraction of sp³-hybridized carbons (Fsp3) is 0.333. The van der Waals surface area contributed by atoms with E-state index in [2.05, 4.69) is 52.6 Å². The summed E-state index contributed by atoms with van der Waals surface area (Å²) in [5.41, 5.74) is 3.06. The predicted octanol–water partition coefficient (Wildman–Crippen LogP) is 3.46. The number of thiophene rings is 1. The van der Waals surface area contributed by atoms with Gasteiger partial charge in [0, 0.05) is 49.3 Å². The Morgan fingerprint density at radius 2 is 1.69 bits per heavy atom. The molecule has 1 fully saturated rings. The first kappa shape index (κ1) is 21.6. The van der Waals surface area contributed by atoms with Gasteiger partial charge in [0.1, 0.15) is 0 Å². The molecule has 0 radical (unpaired) electrons. The molecule has 2 N–H and O–H groups in total. The monoisotopic (exact) mass is 432 g/mol. The maximum absolute atomic E-state index is 9.55. The average Bonchev–Trinajstić information content (AvgIpc) is 3.09. The number of nitrogens with zero attached hydrogens (tertiary/aromatic N) is 2. The minimum absolute atomic E-state index is 0.552. The zero-order valence-corrected chi connectivity index (χ0v) is 17.8. The Balaban J connectivity index is 0.000000258. The summed E-state index contributed by atoms with van der Waals surface area (Å²) in [4.78, 5) is 25.7. The Bertz CT molecular complexity index is 872. The van der Waals surface area contributed by atoms with Gasteiger partial charge in [-0.15, -0.1) is 11.3 Å². The van der Waals surface area contributed by atoms with Gasteiger partial charge in [0.15, 0.2) is 0 Å². The van der Waals surface area contributed by atoms with Crippen LogP contribution in [-0.4, -0.2) is 65.2 Å². The first-order valence-corrected chi connectivity index (χ1v) is 11.0. The number of aliphatic carboxylic acids is 2. The van der Waals surface area contributed by atoms with E-state index >= 15 is 0 Å². The fourth-order valence-electron chi connectivity index (χ4n) is 3.43. The van der Waals surface area contributed by atoms with Crippen molar-refractivity contribution in [2.45, 2.75) is 21.6 Å². The van der Waals surface area contributed by atoms with Crippen molar-refractivity contribution >= 4 is 35.0 Å². The number of fused-ring (bicyclic) bond motifs is 2. The second kappa shape index (κ2) is 10.1. The zero-order valence-electron chi connectivity index (χ0n) is 16.2. The van der Waals surface area contributed by atoms with Crippen LogP contribution in [-0.2, 0) is 16.0 Å². The molecule has 4 rings (SSSR count). The number of hydrogen-bond acceptors (Lipinski definition) is 6. The van der Waals surface area contributed by atoms with Crippen molar-refractivity contribution in [3.63, 3.8) is 0 Å². The molecular formula is C21H24N2O4S2. The van der Waals surface area contributed by atoms with Gasteiger partial charge in [-0.1, -0.05) is 30.0 Å². The van der Waals surface area contributed by atoms with E-state index in [1.54, 1.807) is 5.56 Å². The molecule has 0 amide bonds. The Kier molecular flexibility index (Phi) is 7.49. The third-order valence-electron chi connectivity index (χ3n) is 4.95. The number of carboxylic acid groups (broad SMARTS) is 2. The van der Waals surface area contributed by atoms with E-state index in [1.165, 1.54) is 40.8 Å². The van der Waals surface area contributed by atoms with Crippen LogP contribution in [0.25, 0.3) is 0 Å². The maximum atomic E-state index is 9.55. The summed E-state index contributed by atoms with van der Waals surface area (Å²) in [6.45, 7) is 4.74. The van der Waals surface area contributed by atoms with Gasteiger partial charge in [0.25, 0.3) is 0 Å². The van der Waals surface area contributed by atoms with Crippen LogP contribution < -0.4 is 0 Å². The van der Waals surface area contributed by atoms with Crippen LogP contribution in [0.3, 0.4) is 0 Å². The molecule has 0 spiro atoms. The summed E-state index contributed by atoms with van der Waals surface area (Å²) >= 11 is 3.86. The summed E-state index contributed by atoms with van der Waals surface area (Å²) in [5.74, 6) is -2.51. The van der Waals surface area contributed by atoms with Crippen molar-refractivity contribution in [1.29, 1.82) is 0 Å². The first-order valence-electron chi connectivity index (χ1n) is 9.33. The number of benzene rings is 1. The summed E-state index contributed by atoms with van der Waals surface area (Å²) < 4.78 is 1.49. The maximum Gasteiger partial charge on any atom is 0.328 e. The van der Waals surface area contributed by atoms with Crippen LogP contribution in [0, 0.1) is 0 Å². The number of likely N-dealkylation sites (N-methyl/N-ethyl adjacent to an activating group) is 1. The number of piperazine rings is 1. The third-order valence-corrected chi connectivity index (χ3v) is 7.25. The molecule has 6 nitrogen and oxygen atoms in total. The van der Waals surface area contributed by atoms with E-state index in [4.69, 9.17) is 10.2 Å². The molecule has 0 saturated carbocycles. The second-order valence-electron chi connectivity index (χ2n) is 6.94. The lowest BCUT2D eigenvalue weighted by Crippen LogP contribution is -2.46. The van der Waals surface area contributed by atoms with Crippen molar-refractivity contribution in [2.24, 2.45) is 0 Å². The summed E-state index contributed by atoms with van der Waals surface area (Å²) in [6.07, 6.45) is 2.27. The van der Waals surface area contributed by atoms with Crippen molar-refractivity contribution in [3.05, 3.63) is 59.0 Å². The van der Waals surface area contributed by atoms with Gasteiger partial charge >= 0.3 is 11.9 Å². The fourth-order valence-corrected chi connectivity index (χ4v) is 5.69. The zero-order chi connectivity index (χ0) is 20.8. The minimum Gasteiger partial charge on any atom is -0.478 e. The highest BCUT2D eigenvalue weighted by Crippen LogP contribution is 2.45. The highest BCUT2D eigenvalue weighted by Gasteiger charge is 2.29. The summed E-state index contributed by atoms with van der Waals surface area (Å²) in [5, 5.41) is 17.9. The smallest absolute Gasteiger partial charge is 0.328 e. The van der Waals surface area contributed by atoms with E-state index in [0.29, 0.717) is 18.2 Å². The number of rotatable bonds is 3. The van der Waals surface area contributed by atoms with Crippen LogP contribution in [0.4, 0.5) is 0 Å². The normalized spacial score (nSPS) is 19.6. The molecule has 1 unspecified atom stereocenters. The third kappa shape index (κ3) is 5.93. The lowest BCUT2D eigenvalue weighted by molar-refractivity contribution is -0.134.